The molecule has 1 N–H and O–H groups in total. The highest BCUT2D eigenvalue weighted by Gasteiger charge is 2.26. The summed E-state index contributed by atoms with van der Waals surface area (Å²) in [6, 6.07) is 1.65. The van der Waals surface area contributed by atoms with Gasteiger partial charge in [0.2, 0.25) is 0 Å². The highest BCUT2D eigenvalue weighted by molar-refractivity contribution is 4.84. The van der Waals surface area contributed by atoms with E-state index in [2.05, 4.69) is 19.2 Å². The van der Waals surface area contributed by atoms with Gasteiger partial charge >= 0.3 is 0 Å². The second kappa shape index (κ2) is 6.78. The third-order valence-electron chi connectivity index (χ3n) is 5.17. The highest BCUT2D eigenvalue weighted by Crippen LogP contribution is 2.29. The third kappa shape index (κ3) is 3.98. The van der Waals surface area contributed by atoms with Crippen LogP contribution in [0.4, 0.5) is 0 Å². The molecule has 0 saturated heterocycles. The summed E-state index contributed by atoms with van der Waals surface area (Å²) < 4.78 is 0. The van der Waals surface area contributed by atoms with E-state index in [9.17, 15) is 0 Å². The molecule has 2 aliphatic carbocycles. The fraction of sp³-hybridized carbons (Fsp3) is 1.00. The van der Waals surface area contributed by atoms with Crippen molar-refractivity contribution >= 4 is 0 Å². The van der Waals surface area contributed by atoms with E-state index in [1.807, 2.05) is 0 Å². The van der Waals surface area contributed by atoms with Gasteiger partial charge in [-0.25, -0.2) is 0 Å². The van der Waals surface area contributed by atoms with Gasteiger partial charge in [-0.3, -0.25) is 0 Å². The van der Waals surface area contributed by atoms with E-state index < -0.39 is 0 Å². The van der Waals surface area contributed by atoms with Crippen LogP contribution in [0, 0.1) is 11.8 Å². The standard InChI is InChI=1S/C16H31N/c1-3-14-9-7-10-15(12-14)17-16-11-6-4-5-8-13(16)2/h13-17H,3-12H2,1-2H3. The number of nitrogens with one attached hydrogen (secondary N) is 1. The quantitative estimate of drug-likeness (QED) is 0.712. The zero-order valence-electron chi connectivity index (χ0n) is 11.9. The van der Waals surface area contributed by atoms with Crippen LogP contribution in [0.3, 0.4) is 0 Å². The second-order valence-corrected chi connectivity index (χ2v) is 6.53. The van der Waals surface area contributed by atoms with Gasteiger partial charge in [-0.1, -0.05) is 52.4 Å². The molecule has 4 atom stereocenters. The van der Waals surface area contributed by atoms with E-state index in [1.165, 1.54) is 64.2 Å². The van der Waals surface area contributed by atoms with Gasteiger partial charge in [0.1, 0.15) is 0 Å². The number of hydrogen-bond donors (Lipinski definition) is 1. The maximum Gasteiger partial charge on any atom is 0.00952 e. The Labute approximate surface area is 108 Å². The largest absolute Gasteiger partial charge is 0.311 e. The highest BCUT2D eigenvalue weighted by atomic mass is 15.0. The van der Waals surface area contributed by atoms with Crippen LogP contribution in [0.25, 0.3) is 0 Å². The van der Waals surface area contributed by atoms with Crippen LogP contribution in [0.5, 0.6) is 0 Å². The van der Waals surface area contributed by atoms with Crippen LogP contribution in [0.1, 0.15) is 78.1 Å². The molecule has 2 aliphatic rings. The minimum atomic E-state index is 0.818. The first kappa shape index (κ1) is 13.4. The molecule has 2 rings (SSSR count). The van der Waals surface area contributed by atoms with Gasteiger partial charge < -0.3 is 5.32 Å². The average Bonchev–Trinajstić information content (AvgIpc) is 2.55. The molecule has 4 unspecified atom stereocenters. The molecule has 2 fully saturated rings. The Bertz CT molecular complexity index is 214. The predicted octanol–water partition coefficient (Wildman–Crippen LogP) is 4.51. The van der Waals surface area contributed by atoms with Crippen LogP contribution >= 0.6 is 0 Å². The molecule has 100 valence electrons. The molecule has 0 amide bonds. The summed E-state index contributed by atoms with van der Waals surface area (Å²) >= 11 is 0. The van der Waals surface area contributed by atoms with Crippen molar-refractivity contribution in [3.05, 3.63) is 0 Å². The second-order valence-electron chi connectivity index (χ2n) is 6.53. The topological polar surface area (TPSA) is 12.0 Å². The van der Waals surface area contributed by atoms with E-state index in [-0.39, 0.29) is 0 Å². The maximum atomic E-state index is 4.01. The van der Waals surface area contributed by atoms with Crippen LogP contribution < -0.4 is 5.32 Å². The molecule has 1 nitrogen and oxygen atoms in total. The minimum Gasteiger partial charge on any atom is -0.311 e. The Balaban J connectivity index is 1.81. The van der Waals surface area contributed by atoms with Gasteiger partial charge in [0.25, 0.3) is 0 Å². The lowest BCUT2D eigenvalue weighted by Gasteiger charge is -2.34. The lowest BCUT2D eigenvalue weighted by Crippen LogP contribution is -2.43. The van der Waals surface area contributed by atoms with Gasteiger partial charge in [0.05, 0.1) is 0 Å². The third-order valence-corrected chi connectivity index (χ3v) is 5.17. The Hall–Kier alpha value is -0.0400. The Morgan fingerprint density at radius 2 is 1.76 bits per heavy atom. The first-order valence-electron chi connectivity index (χ1n) is 8.05. The van der Waals surface area contributed by atoms with Crippen molar-refractivity contribution in [2.24, 2.45) is 11.8 Å². The number of rotatable bonds is 3. The van der Waals surface area contributed by atoms with E-state index in [0.29, 0.717) is 0 Å². The Morgan fingerprint density at radius 3 is 2.59 bits per heavy atom. The summed E-state index contributed by atoms with van der Waals surface area (Å²) in [5.41, 5.74) is 0. The molecule has 0 radical (unpaired) electrons. The van der Waals surface area contributed by atoms with E-state index in [1.54, 1.807) is 0 Å². The van der Waals surface area contributed by atoms with Gasteiger partial charge in [0, 0.05) is 12.1 Å². The zero-order chi connectivity index (χ0) is 12.1. The molecular formula is C16H31N. The molecule has 2 saturated carbocycles. The summed E-state index contributed by atoms with van der Waals surface area (Å²) in [7, 11) is 0. The zero-order valence-corrected chi connectivity index (χ0v) is 11.9. The van der Waals surface area contributed by atoms with E-state index >= 15 is 0 Å². The fourth-order valence-corrected chi connectivity index (χ4v) is 3.86. The molecule has 0 bridgehead atoms. The molecule has 0 aromatic heterocycles. The predicted molar refractivity (Wildman–Crippen MR) is 75.2 cm³/mol. The lowest BCUT2D eigenvalue weighted by molar-refractivity contribution is 0.233. The summed E-state index contributed by atoms with van der Waals surface area (Å²) in [6.07, 6.45) is 14.4. The maximum absolute atomic E-state index is 4.01. The Morgan fingerprint density at radius 1 is 0.941 bits per heavy atom. The van der Waals surface area contributed by atoms with Crippen LogP contribution in [0.15, 0.2) is 0 Å². The fourth-order valence-electron chi connectivity index (χ4n) is 3.86. The smallest absolute Gasteiger partial charge is 0.00952 e. The summed E-state index contributed by atoms with van der Waals surface area (Å²) in [5.74, 6) is 1.90. The van der Waals surface area contributed by atoms with Crippen molar-refractivity contribution in [2.45, 2.75) is 90.1 Å². The van der Waals surface area contributed by atoms with Crippen molar-refractivity contribution in [3.8, 4) is 0 Å². The van der Waals surface area contributed by atoms with E-state index in [0.717, 1.165) is 23.9 Å². The molecule has 0 heterocycles. The van der Waals surface area contributed by atoms with E-state index in [4.69, 9.17) is 0 Å². The van der Waals surface area contributed by atoms with Crippen LogP contribution in [-0.4, -0.2) is 12.1 Å². The molecule has 1 heteroatoms. The first-order chi connectivity index (χ1) is 8.29. The van der Waals surface area contributed by atoms with Gasteiger partial charge in [-0.05, 0) is 37.5 Å². The minimum absolute atomic E-state index is 0.818. The van der Waals surface area contributed by atoms with Crippen molar-refractivity contribution in [1.82, 2.24) is 5.32 Å². The van der Waals surface area contributed by atoms with Gasteiger partial charge in [-0.15, -0.1) is 0 Å². The lowest BCUT2D eigenvalue weighted by atomic mass is 9.83. The van der Waals surface area contributed by atoms with Crippen molar-refractivity contribution in [1.29, 1.82) is 0 Å². The average molecular weight is 237 g/mol. The molecule has 0 aliphatic heterocycles. The summed E-state index contributed by atoms with van der Waals surface area (Å²) in [6.45, 7) is 4.82. The van der Waals surface area contributed by atoms with Crippen LogP contribution in [0.2, 0.25) is 0 Å². The first-order valence-corrected chi connectivity index (χ1v) is 8.05. The molecule has 17 heavy (non-hydrogen) atoms. The van der Waals surface area contributed by atoms with Crippen molar-refractivity contribution < 1.29 is 0 Å². The number of hydrogen-bond acceptors (Lipinski definition) is 1. The molecule has 0 aromatic carbocycles. The molecule has 0 spiro atoms. The molecular weight excluding hydrogens is 206 g/mol. The van der Waals surface area contributed by atoms with Gasteiger partial charge in [0.15, 0.2) is 0 Å². The summed E-state index contributed by atoms with van der Waals surface area (Å²) in [4.78, 5) is 0. The normalized spacial score (nSPS) is 39.9. The molecule has 0 aromatic rings. The van der Waals surface area contributed by atoms with Crippen LogP contribution in [-0.2, 0) is 0 Å². The monoisotopic (exact) mass is 237 g/mol. The van der Waals surface area contributed by atoms with Crippen molar-refractivity contribution in [2.75, 3.05) is 0 Å². The SMILES string of the molecule is CCC1CCCC(NC2CCCCCC2C)C1. The summed E-state index contributed by atoms with van der Waals surface area (Å²) in [5, 5.41) is 4.01. The van der Waals surface area contributed by atoms with Gasteiger partial charge in [-0.2, -0.15) is 0 Å². The van der Waals surface area contributed by atoms with Crippen molar-refractivity contribution in [3.63, 3.8) is 0 Å². The Kier molecular flexibility index (Phi) is 5.34.